The molecule has 2 aromatic heterocycles. The molecular weight excluding hydrogens is 408 g/mol. The molecule has 3 aromatic rings. The molecule has 7 heteroatoms. The molecule has 6 nitrogen and oxygen atoms in total. The largest absolute Gasteiger partial charge is 0.497 e. The van der Waals surface area contributed by atoms with Gasteiger partial charge >= 0.3 is 0 Å². The van der Waals surface area contributed by atoms with Crippen LogP contribution in [0.3, 0.4) is 0 Å². The lowest BCUT2D eigenvalue weighted by molar-refractivity contribution is 0.396. The van der Waals surface area contributed by atoms with Crippen molar-refractivity contribution in [2.75, 3.05) is 19.1 Å². The standard InChI is InChI=1S/C24H28N4O2S/c1-24(2,3)27-13-11-16(15-27)22-21(18-8-6-7-12-25-18)26-23(31)28(22)19-14-17(29-4)9-10-20(19)30-5/h6-15,21-22H,1-5H3,(H,26,31). The topological polar surface area (TPSA) is 51.6 Å². The van der Waals surface area contributed by atoms with Gasteiger partial charge in [0.1, 0.15) is 11.5 Å². The van der Waals surface area contributed by atoms with Crippen molar-refractivity contribution in [2.45, 2.75) is 38.4 Å². The minimum atomic E-state index is -0.111. The molecule has 1 aliphatic rings. The van der Waals surface area contributed by atoms with Crippen LogP contribution >= 0.6 is 12.2 Å². The van der Waals surface area contributed by atoms with E-state index in [1.54, 1.807) is 14.2 Å². The molecule has 1 N–H and O–H groups in total. The summed E-state index contributed by atoms with van der Waals surface area (Å²) < 4.78 is 13.4. The first-order valence-corrected chi connectivity index (χ1v) is 10.7. The van der Waals surface area contributed by atoms with E-state index in [0.717, 1.165) is 28.4 Å². The van der Waals surface area contributed by atoms with E-state index < -0.39 is 0 Å². The van der Waals surface area contributed by atoms with Crippen LogP contribution in [0.2, 0.25) is 0 Å². The summed E-state index contributed by atoms with van der Waals surface area (Å²) in [6.45, 7) is 6.56. The van der Waals surface area contributed by atoms with Crippen LogP contribution < -0.4 is 19.7 Å². The zero-order chi connectivity index (χ0) is 22.2. The summed E-state index contributed by atoms with van der Waals surface area (Å²) in [4.78, 5) is 6.73. The number of hydrogen-bond acceptors (Lipinski definition) is 4. The first-order chi connectivity index (χ1) is 14.8. The smallest absolute Gasteiger partial charge is 0.174 e. The molecule has 4 rings (SSSR count). The molecule has 162 valence electrons. The lowest BCUT2D eigenvalue weighted by Gasteiger charge is -2.29. The van der Waals surface area contributed by atoms with Crippen molar-refractivity contribution in [2.24, 2.45) is 0 Å². The highest BCUT2D eigenvalue weighted by molar-refractivity contribution is 7.80. The van der Waals surface area contributed by atoms with Crippen molar-refractivity contribution in [3.05, 3.63) is 72.3 Å². The average molecular weight is 437 g/mol. The second-order valence-corrected chi connectivity index (χ2v) is 8.94. The molecule has 3 heterocycles. The Morgan fingerprint density at radius 3 is 2.48 bits per heavy atom. The first-order valence-electron chi connectivity index (χ1n) is 10.2. The fraction of sp³-hybridized carbons (Fsp3) is 0.333. The van der Waals surface area contributed by atoms with Crippen LogP contribution in [0.4, 0.5) is 5.69 Å². The number of rotatable bonds is 5. The van der Waals surface area contributed by atoms with Gasteiger partial charge < -0.3 is 24.3 Å². The highest BCUT2D eigenvalue weighted by atomic mass is 32.1. The molecule has 0 aliphatic carbocycles. The summed E-state index contributed by atoms with van der Waals surface area (Å²) in [5, 5.41) is 4.11. The van der Waals surface area contributed by atoms with Gasteiger partial charge in [0.15, 0.2) is 5.11 Å². The summed E-state index contributed by atoms with van der Waals surface area (Å²) in [6.07, 6.45) is 6.12. The van der Waals surface area contributed by atoms with Crippen LogP contribution in [-0.2, 0) is 5.54 Å². The monoisotopic (exact) mass is 436 g/mol. The molecule has 1 aliphatic heterocycles. The number of nitrogens with zero attached hydrogens (tertiary/aromatic N) is 3. The van der Waals surface area contributed by atoms with Gasteiger partial charge in [-0.15, -0.1) is 0 Å². The maximum Gasteiger partial charge on any atom is 0.174 e. The van der Waals surface area contributed by atoms with Gasteiger partial charge in [-0.25, -0.2) is 0 Å². The Kier molecular flexibility index (Phi) is 5.62. The molecule has 2 atom stereocenters. The van der Waals surface area contributed by atoms with Crippen LogP contribution in [0.1, 0.15) is 44.1 Å². The zero-order valence-electron chi connectivity index (χ0n) is 18.5. The average Bonchev–Trinajstić information content (AvgIpc) is 3.38. The highest BCUT2D eigenvalue weighted by Gasteiger charge is 2.42. The Labute approximate surface area is 188 Å². The third-order valence-corrected chi connectivity index (χ3v) is 5.89. The van der Waals surface area contributed by atoms with Crippen LogP contribution in [0.25, 0.3) is 0 Å². The highest BCUT2D eigenvalue weighted by Crippen LogP contribution is 2.45. The molecule has 1 fully saturated rings. The van der Waals surface area contributed by atoms with Crippen molar-refractivity contribution in [3.63, 3.8) is 0 Å². The van der Waals surface area contributed by atoms with E-state index in [9.17, 15) is 0 Å². The van der Waals surface area contributed by atoms with E-state index >= 15 is 0 Å². The molecule has 0 bridgehead atoms. The van der Waals surface area contributed by atoms with E-state index in [2.05, 4.69) is 59.0 Å². The second-order valence-electron chi connectivity index (χ2n) is 8.56. The van der Waals surface area contributed by atoms with Crippen molar-refractivity contribution < 1.29 is 9.47 Å². The minimum absolute atomic E-state index is 0.0240. The SMILES string of the molecule is COc1ccc(OC)c(N2C(=S)NC(c3ccccn3)C2c2ccn(C(C)(C)C)c2)c1. The van der Waals surface area contributed by atoms with Gasteiger partial charge in [-0.3, -0.25) is 4.98 Å². The molecular formula is C24H28N4O2S. The second kappa shape index (κ2) is 8.23. The van der Waals surface area contributed by atoms with Gasteiger partial charge in [0, 0.05) is 30.2 Å². The Morgan fingerprint density at radius 1 is 1.06 bits per heavy atom. The number of ether oxygens (including phenoxy) is 2. The predicted molar refractivity (Wildman–Crippen MR) is 127 cm³/mol. The van der Waals surface area contributed by atoms with Crippen LogP contribution in [-0.4, -0.2) is 28.9 Å². The number of aromatic nitrogens is 2. The summed E-state index contributed by atoms with van der Waals surface area (Å²) >= 11 is 5.83. The maximum atomic E-state index is 5.83. The third-order valence-electron chi connectivity index (χ3n) is 5.58. The molecule has 1 aromatic carbocycles. The number of nitrogens with one attached hydrogen (secondary N) is 1. The van der Waals surface area contributed by atoms with Gasteiger partial charge in [-0.05, 0) is 68.9 Å². The fourth-order valence-corrected chi connectivity index (χ4v) is 4.28. The molecule has 0 radical (unpaired) electrons. The first kappa shape index (κ1) is 21.2. The van der Waals surface area contributed by atoms with Crippen LogP contribution in [0.15, 0.2) is 61.1 Å². The number of thiocarbonyl (C=S) groups is 1. The van der Waals surface area contributed by atoms with Gasteiger partial charge in [0.25, 0.3) is 0 Å². The van der Waals surface area contributed by atoms with Crippen molar-refractivity contribution in [1.29, 1.82) is 0 Å². The molecule has 31 heavy (non-hydrogen) atoms. The summed E-state index contributed by atoms with van der Waals surface area (Å²) in [7, 11) is 3.32. The number of hydrogen-bond donors (Lipinski definition) is 1. The molecule has 1 saturated heterocycles. The maximum absolute atomic E-state index is 5.83. The van der Waals surface area contributed by atoms with Gasteiger partial charge in [0.05, 0.1) is 37.7 Å². The van der Waals surface area contributed by atoms with Gasteiger partial charge in [0.2, 0.25) is 0 Å². The summed E-state index contributed by atoms with van der Waals surface area (Å²) in [5.41, 5.74) is 2.90. The summed E-state index contributed by atoms with van der Waals surface area (Å²) in [5.74, 6) is 1.47. The number of benzene rings is 1. The van der Waals surface area contributed by atoms with E-state index in [1.165, 1.54) is 0 Å². The van der Waals surface area contributed by atoms with Gasteiger partial charge in [-0.1, -0.05) is 6.07 Å². The van der Waals surface area contributed by atoms with Crippen molar-refractivity contribution in [1.82, 2.24) is 14.9 Å². The van der Waals surface area contributed by atoms with Crippen molar-refractivity contribution in [3.8, 4) is 11.5 Å². The Hall–Kier alpha value is -3.06. The molecule has 0 saturated carbocycles. The van der Waals surface area contributed by atoms with Gasteiger partial charge in [-0.2, -0.15) is 0 Å². The lowest BCUT2D eigenvalue weighted by atomic mass is 9.98. The van der Waals surface area contributed by atoms with Crippen LogP contribution in [0, 0.1) is 0 Å². The zero-order valence-corrected chi connectivity index (χ0v) is 19.3. The van der Waals surface area contributed by atoms with E-state index in [-0.39, 0.29) is 17.6 Å². The number of methoxy groups -OCH3 is 2. The van der Waals surface area contributed by atoms with E-state index in [0.29, 0.717) is 5.11 Å². The number of pyridine rings is 1. The van der Waals surface area contributed by atoms with Crippen LogP contribution in [0.5, 0.6) is 11.5 Å². The van der Waals surface area contributed by atoms with E-state index in [1.807, 2.05) is 42.6 Å². The third kappa shape index (κ3) is 3.97. The molecule has 0 spiro atoms. The summed E-state index contributed by atoms with van der Waals surface area (Å²) in [6, 6.07) is 13.6. The molecule has 2 unspecified atom stereocenters. The Bertz CT molecular complexity index is 1070. The lowest BCUT2D eigenvalue weighted by Crippen LogP contribution is -2.29. The predicted octanol–water partition coefficient (Wildman–Crippen LogP) is 4.83. The van der Waals surface area contributed by atoms with E-state index in [4.69, 9.17) is 21.7 Å². The van der Waals surface area contributed by atoms with Crippen molar-refractivity contribution >= 4 is 23.0 Å². The normalized spacial score (nSPS) is 18.7. The minimum Gasteiger partial charge on any atom is -0.497 e. The Balaban J connectivity index is 1.87. The Morgan fingerprint density at radius 2 is 1.87 bits per heavy atom. The number of anilines is 1. The quantitative estimate of drug-likeness (QED) is 0.578. The molecule has 0 amide bonds. The fourth-order valence-electron chi connectivity index (χ4n) is 3.94.